The molecule has 0 aromatic heterocycles. The van der Waals surface area contributed by atoms with Gasteiger partial charge in [-0.15, -0.1) is 11.8 Å². The van der Waals surface area contributed by atoms with Gasteiger partial charge in [0.05, 0.1) is 25.1 Å². The summed E-state index contributed by atoms with van der Waals surface area (Å²) in [4.78, 5) is 7.30. The van der Waals surface area contributed by atoms with Crippen molar-refractivity contribution in [3.8, 4) is 17.2 Å². The third-order valence-electron chi connectivity index (χ3n) is 5.31. The van der Waals surface area contributed by atoms with E-state index in [0.717, 1.165) is 27.4 Å². The molecule has 0 saturated heterocycles. The van der Waals surface area contributed by atoms with E-state index in [4.69, 9.17) is 20.5 Å². The predicted molar refractivity (Wildman–Crippen MR) is 133 cm³/mol. The number of hydrogen-bond acceptors (Lipinski definition) is 7. The number of nitrogens with zero attached hydrogens (tertiary/aromatic N) is 2. The van der Waals surface area contributed by atoms with E-state index in [9.17, 15) is 10.2 Å². The number of amidine groups is 2. The normalized spacial score (nSPS) is 13.2. The SMILES string of the molecule is COc1ccc2c(c1)C(c1ccc(SCc3cccc(O)c3O)cc1)=NCC(=N)N2C(C)=N. The molecule has 7 nitrogen and oxygen atoms in total. The first-order valence-electron chi connectivity index (χ1n) is 10.3. The largest absolute Gasteiger partial charge is 0.504 e. The van der Waals surface area contributed by atoms with Crippen LogP contribution in [0.25, 0.3) is 0 Å². The summed E-state index contributed by atoms with van der Waals surface area (Å²) in [5.74, 6) is 1.48. The number of phenols is 2. The molecule has 168 valence electrons. The number of para-hydroxylation sites is 1. The maximum absolute atomic E-state index is 10.0. The highest BCUT2D eigenvalue weighted by atomic mass is 32.2. The van der Waals surface area contributed by atoms with Crippen LogP contribution < -0.4 is 9.64 Å². The van der Waals surface area contributed by atoms with Crippen LogP contribution in [0, 0.1) is 10.8 Å². The quantitative estimate of drug-likeness (QED) is 0.185. The summed E-state index contributed by atoms with van der Waals surface area (Å²) in [5, 5.41) is 36.2. The van der Waals surface area contributed by atoms with Gasteiger partial charge in [0, 0.05) is 27.3 Å². The van der Waals surface area contributed by atoms with Crippen molar-refractivity contribution in [1.82, 2.24) is 0 Å². The zero-order valence-electron chi connectivity index (χ0n) is 18.3. The first-order valence-corrected chi connectivity index (χ1v) is 11.3. The first-order chi connectivity index (χ1) is 15.9. The van der Waals surface area contributed by atoms with Crippen molar-refractivity contribution in [2.24, 2.45) is 4.99 Å². The number of nitrogens with one attached hydrogen (secondary N) is 2. The molecule has 0 atom stereocenters. The van der Waals surface area contributed by atoms with Crippen LogP contribution in [0.5, 0.6) is 17.2 Å². The molecule has 33 heavy (non-hydrogen) atoms. The van der Waals surface area contributed by atoms with Gasteiger partial charge in [0.15, 0.2) is 11.5 Å². The van der Waals surface area contributed by atoms with E-state index >= 15 is 0 Å². The Hall–Kier alpha value is -3.78. The second-order valence-electron chi connectivity index (χ2n) is 7.51. The molecule has 0 spiro atoms. The minimum Gasteiger partial charge on any atom is -0.504 e. The molecule has 1 aliphatic heterocycles. The molecule has 0 radical (unpaired) electrons. The predicted octanol–water partition coefficient (Wildman–Crippen LogP) is 5.03. The summed E-state index contributed by atoms with van der Waals surface area (Å²) in [5.41, 5.74) is 3.82. The van der Waals surface area contributed by atoms with Crippen LogP contribution in [0.3, 0.4) is 0 Å². The molecule has 4 rings (SSSR count). The lowest BCUT2D eigenvalue weighted by atomic mass is 9.99. The molecular weight excluding hydrogens is 436 g/mol. The Bertz CT molecular complexity index is 1260. The van der Waals surface area contributed by atoms with Crippen LogP contribution in [-0.2, 0) is 5.75 Å². The Labute approximate surface area is 196 Å². The minimum atomic E-state index is -0.122. The van der Waals surface area contributed by atoms with E-state index in [1.165, 1.54) is 6.07 Å². The first kappa shape index (κ1) is 22.4. The lowest BCUT2D eigenvalue weighted by molar-refractivity contribution is 0.401. The van der Waals surface area contributed by atoms with Gasteiger partial charge < -0.3 is 14.9 Å². The number of fused-ring (bicyclic) bond motifs is 1. The van der Waals surface area contributed by atoms with Gasteiger partial charge in [0.1, 0.15) is 17.4 Å². The van der Waals surface area contributed by atoms with Gasteiger partial charge in [-0.2, -0.15) is 0 Å². The van der Waals surface area contributed by atoms with Crippen LogP contribution in [-0.4, -0.2) is 41.3 Å². The Morgan fingerprint density at radius 3 is 2.58 bits per heavy atom. The molecule has 0 unspecified atom stereocenters. The Morgan fingerprint density at radius 1 is 1.12 bits per heavy atom. The Kier molecular flexibility index (Phi) is 6.37. The molecular formula is C25H24N4O3S. The monoisotopic (exact) mass is 460 g/mol. The molecule has 4 N–H and O–H groups in total. The second-order valence-corrected chi connectivity index (χ2v) is 8.56. The van der Waals surface area contributed by atoms with E-state index < -0.39 is 0 Å². The van der Waals surface area contributed by atoms with Gasteiger partial charge in [-0.05, 0) is 43.3 Å². The van der Waals surface area contributed by atoms with Crippen molar-refractivity contribution >= 4 is 34.8 Å². The number of methoxy groups -OCH3 is 1. The molecule has 0 bridgehead atoms. The number of benzene rings is 3. The molecule has 3 aromatic carbocycles. The summed E-state index contributed by atoms with van der Waals surface area (Å²) >= 11 is 1.55. The van der Waals surface area contributed by atoms with Crippen molar-refractivity contribution in [1.29, 1.82) is 10.8 Å². The molecule has 0 aliphatic carbocycles. The van der Waals surface area contributed by atoms with Gasteiger partial charge >= 0.3 is 0 Å². The number of thioether (sulfide) groups is 1. The topological polar surface area (TPSA) is 113 Å². The third-order valence-corrected chi connectivity index (χ3v) is 6.37. The van der Waals surface area contributed by atoms with Crippen molar-refractivity contribution in [3.63, 3.8) is 0 Å². The average molecular weight is 461 g/mol. The minimum absolute atomic E-state index is 0.0894. The van der Waals surface area contributed by atoms with E-state index in [0.29, 0.717) is 17.1 Å². The lowest BCUT2D eigenvalue weighted by Crippen LogP contribution is -2.35. The Balaban J connectivity index is 1.64. The summed E-state index contributed by atoms with van der Waals surface area (Å²) < 4.78 is 5.42. The van der Waals surface area contributed by atoms with Crippen molar-refractivity contribution in [2.75, 3.05) is 18.6 Å². The zero-order valence-corrected chi connectivity index (χ0v) is 19.1. The highest BCUT2D eigenvalue weighted by Gasteiger charge is 2.25. The zero-order chi connectivity index (χ0) is 23.5. The standard InChI is InChI=1S/C25H24N4O3S/c1-15(26)29-21-11-8-18(32-2)12-20(21)24(28-13-23(29)27)16-6-9-19(10-7-16)33-14-17-4-3-5-22(30)25(17)31/h3-12,26-27,30-31H,13-14H2,1-2H3. The summed E-state index contributed by atoms with van der Waals surface area (Å²) in [7, 11) is 1.60. The van der Waals surface area contributed by atoms with Crippen molar-refractivity contribution < 1.29 is 14.9 Å². The molecule has 0 amide bonds. The number of anilines is 1. The van der Waals surface area contributed by atoms with E-state index in [-0.39, 0.29) is 29.7 Å². The number of aliphatic imine (C=N–C) groups is 1. The van der Waals surface area contributed by atoms with Crippen molar-refractivity contribution in [3.05, 3.63) is 77.4 Å². The van der Waals surface area contributed by atoms with Crippen LogP contribution in [0.4, 0.5) is 5.69 Å². The molecule has 3 aromatic rings. The van der Waals surface area contributed by atoms with Gasteiger partial charge in [-0.1, -0.05) is 24.3 Å². The Morgan fingerprint density at radius 2 is 1.88 bits per heavy atom. The highest BCUT2D eigenvalue weighted by Crippen LogP contribution is 2.34. The number of hydrogen-bond donors (Lipinski definition) is 4. The average Bonchev–Trinajstić information content (AvgIpc) is 2.95. The van der Waals surface area contributed by atoms with Gasteiger partial charge in [0.2, 0.25) is 0 Å². The van der Waals surface area contributed by atoms with E-state index in [2.05, 4.69) is 0 Å². The van der Waals surface area contributed by atoms with E-state index in [1.54, 1.807) is 42.8 Å². The van der Waals surface area contributed by atoms with Gasteiger partial charge in [-0.25, -0.2) is 0 Å². The lowest BCUT2D eigenvalue weighted by Gasteiger charge is -2.24. The van der Waals surface area contributed by atoms with Gasteiger partial charge in [-0.3, -0.25) is 20.7 Å². The molecule has 1 aliphatic rings. The summed E-state index contributed by atoms with van der Waals surface area (Å²) in [6, 6.07) is 18.4. The molecule has 0 fully saturated rings. The van der Waals surface area contributed by atoms with Crippen molar-refractivity contribution in [2.45, 2.75) is 17.6 Å². The number of benzodiazepines with no additional fused rings is 1. The highest BCUT2D eigenvalue weighted by molar-refractivity contribution is 7.98. The summed E-state index contributed by atoms with van der Waals surface area (Å²) in [6.07, 6.45) is 0. The third kappa shape index (κ3) is 4.56. The second kappa shape index (κ2) is 9.38. The van der Waals surface area contributed by atoms with Crippen LogP contribution in [0.1, 0.15) is 23.6 Å². The van der Waals surface area contributed by atoms with E-state index in [1.807, 2.05) is 42.5 Å². The fraction of sp³-hybridized carbons (Fsp3) is 0.160. The van der Waals surface area contributed by atoms with Crippen LogP contribution >= 0.6 is 11.8 Å². The maximum atomic E-state index is 10.0. The maximum Gasteiger partial charge on any atom is 0.161 e. The number of ether oxygens (including phenoxy) is 1. The molecule has 0 saturated carbocycles. The number of phenolic OH excluding ortho intramolecular Hbond substituents is 2. The number of aromatic hydroxyl groups is 2. The fourth-order valence-corrected chi connectivity index (χ4v) is 4.56. The number of rotatable bonds is 5. The van der Waals surface area contributed by atoms with Crippen LogP contribution in [0.2, 0.25) is 0 Å². The van der Waals surface area contributed by atoms with Gasteiger partial charge in [0.25, 0.3) is 0 Å². The fourth-order valence-electron chi connectivity index (χ4n) is 3.68. The summed E-state index contributed by atoms with van der Waals surface area (Å²) in [6.45, 7) is 1.82. The van der Waals surface area contributed by atoms with Crippen LogP contribution in [0.15, 0.2) is 70.6 Å². The molecule has 1 heterocycles. The molecule has 8 heteroatoms. The smallest absolute Gasteiger partial charge is 0.161 e.